The third kappa shape index (κ3) is 5.24. The minimum absolute atomic E-state index is 0. The molecule has 1 heterocycles. The lowest BCUT2D eigenvalue weighted by Gasteiger charge is -2.37. The molecular weight excluding hydrogens is 272 g/mol. The van der Waals surface area contributed by atoms with Crippen LogP contribution in [0, 0.1) is 0 Å². The average molecular weight is 295 g/mol. The number of hydrogen-bond donors (Lipinski definition) is 1. The first kappa shape index (κ1) is 18.0. The van der Waals surface area contributed by atoms with E-state index in [-0.39, 0.29) is 18.4 Å². The lowest BCUT2D eigenvalue weighted by Crippen LogP contribution is -2.54. The van der Waals surface area contributed by atoms with Crippen LogP contribution in [0.1, 0.15) is 33.6 Å². The molecule has 112 valence electrons. The van der Waals surface area contributed by atoms with E-state index in [1.807, 2.05) is 0 Å². The van der Waals surface area contributed by atoms with Crippen LogP contribution in [0.5, 0.6) is 0 Å². The van der Waals surface area contributed by atoms with E-state index in [1.165, 1.54) is 12.0 Å². The quantitative estimate of drug-likeness (QED) is 0.737. The second-order valence-electron chi connectivity index (χ2n) is 5.50. The van der Waals surface area contributed by atoms with Crippen molar-refractivity contribution in [2.45, 2.75) is 51.3 Å². The summed E-state index contributed by atoms with van der Waals surface area (Å²) in [6.07, 6.45) is 0.573. The van der Waals surface area contributed by atoms with Gasteiger partial charge in [-0.25, -0.2) is 9.59 Å². The highest BCUT2D eigenvalue weighted by Gasteiger charge is 2.37. The van der Waals surface area contributed by atoms with Crippen molar-refractivity contribution in [2.24, 2.45) is 5.73 Å². The van der Waals surface area contributed by atoms with Crippen LogP contribution in [0.15, 0.2) is 0 Å². The van der Waals surface area contributed by atoms with Crippen LogP contribution in [0.4, 0.5) is 4.79 Å². The molecule has 1 aliphatic heterocycles. The zero-order chi connectivity index (χ0) is 13.9. The number of amides is 1. The van der Waals surface area contributed by atoms with Crippen molar-refractivity contribution in [2.75, 3.05) is 13.7 Å². The predicted molar refractivity (Wildman–Crippen MR) is 73.2 cm³/mol. The maximum Gasteiger partial charge on any atom is 0.411 e. The number of hydrogen-bond acceptors (Lipinski definition) is 5. The molecule has 0 aromatic heterocycles. The minimum atomic E-state index is -0.645. The van der Waals surface area contributed by atoms with Gasteiger partial charge in [0, 0.05) is 12.6 Å². The van der Waals surface area contributed by atoms with Gasteiger partial charge in [-0.05, 0) is 33.6 Å². The molecule has 0 saturated carbocycles. The van der Waals surface area contributed by atoms with E-state index < -0.39 is 23.7 Å². The van der Waals surface area contributed by atoms with Gasteiger partial charge >= 0.3 is 12.1 Å². The highest BCUT2D eigenvalue weighted by Crippen LogP contribution is 2.20. The van der Waals surface area contributed by atoms with E-state index >= 15 is 0 Å². The highest BCUT2D eigenvalue weighted by molar-refractivity contribution is 5.85. The number of halogens is 1. The zero-order valence-electron chi connectivity index (χ0n) is 11.8. The normalized spacial score (nSPS) is 23.3. The Morgan fingerprint density at radius 3 is 2.37 bits per heavy atom. The second-order valence-corrected chi connectivity index (χ2v) is 5.50. The molecule has 0 bridgehead atoms. The number of rotatable bonds is 1. The molecular formula is C12H23ClN2O4. The largest absolute Gasteiger partial charge is 0.467 e. The topological polar surface area (TPSA) is 81.9 Å². The summed E-state index contributed by atoms with van der Waals surface area (Å²) in [5.74, 6) is -0.448. The van der Waals surface area contributed by atoms with Gasteiger partial charge in [0.15, 0.2) is 0 Å². The van der Waals surface area contributed by atoms with Crippen LogP contribution in [0.25, 0.3) is 0 Å². The van der Waals surface area contributed by atoms with Crippen LogP contribution in [-0.2, 0) is 14.3 Å². The molecule has 0 radical (unpaired) electrons. The monoisotopic (exact) mass is 294 g/mol. The molecule has 1 saturated heterocycles. The third-order valence-corrected chi connectivity index (χ3v) is 2.74. The molecule has 1 aliphatic rings. The standard InChI is InChI=1S/C12H22N2O4.ClH/c1-12(2,3)18-11(16)14-6-5-8(13)7-9(14)10(15)17-4;/h8-9H,5-7,13H2,1-4H3;1H/t8-,9-;/m0./s1. The number of methoxy groups -OCH3 is 1. The fourth-order valence-corrected chi connectivity index (χ4v) is 1.89. The number of nitrogens with zero attached hydrogens (tertiary/aromatic N) is 1. The molecule has 0 aliphatic carbocycles. The number of carbonyl (C=O) groups excluding carboxylic acids is 2. The van der Waals surface area contributed by atoms with Crippen molar-refractivity contribution in [1.82, 2.24) is 4.90 Å². The molecule has 2 N–H and O–H groups in total. The van der Waals surface area contributed by atoms with E-state index in [2.05, 4.69) is 0 Å². The Kier molecular flexibility index (Phi) is 6.59. The Hall–Kier alpha value is -1.01. The molecule has 0 spiro atoms. The van der Waals surface area contributed by atoms with Gasteiger partial charge in [-0.1, -0.05) is 0 Å². The van der Waals surface area contributed by atoms with Gasteiger partial charge in [-0.2, -0.15) is 0 Å². The first-order chi connectivity index (χ1) is 8.24. The van der Waals surface area contributed by atoms with Gasteiger partial charge < -0.3 is 15.2 Å². The Labute approximate surface area is 120 Å². The summed E-state index contributed by atoms with van der Waals surface area (Å²) >= 11 is 0. The summed E-state index contributed by atoms with van der Waals surface area (Å²) < 4.78 is 9.98. The van der Waals surface area contributed by atoms with Gasteiger partial charge in [-0.3, -0.25) is 4.90 Å². The Morgan fingerprint density at radius 1 is 1.32 bits per heavy atom. The molecule has 1 rings (SSSR count). The van der Waals surface area contributed by atoms with E-state index in [9.17, 15) is 9.59 Å². The summed E-state index contributed by atoms with van der Waals surface area (Å²) in [7, 11) is 1.30. The van der Waals surface area contributed by atoms with Gasteiger partial charge in [0.25, 0.3) is 0 Å². The molecule has 7 heteroatoms. The van der Waals surface area contributed by atoms with Crippen LogP contribution in [0.2, 0.25) is 0 Å². The van der Waals surface area contributed by atoms with Crippen LogP contribution < -0.4 is 5.73 Å². The van der Waals surface area contributed by atoms with Crippen molar-refractivity contribution >= 4 is 24.5 Å². The summed E-state index contributed by atoms with van der Waals surface area (Å²) in [6.45, 7) is 5.77. The second kappa shape index (κ2) is 6.96. The lowest BCUT2D eigenvalue weighted by atomic mass is 9.98. The van der Waals surface area contributed by atoms with E-state index in [4.69, 9.17) is 15.2 Å². The molecule has 1 fully saturated rings. The molecule has 19 heavy (non-hydrogen) atoms. The SMILES string of the molecule is COC(=O)[C@@H]1C[C@@H](N)CCN1C(=O)OC(C)(C)C.Cl. The molecule has 1 amide bonds. The fourth-order valence-electron chi connectivity index (χ4n) is 1.89. The van der Waals surface area contributed by atoms with Crippen LogP contribution in [-0.4, -0.2) is 48.3 Å². The van der Waals surface area contributed by atoms with E-state index in [0.29, 0.717) is 19.4 Å². The summed E-state index contributed by atoms with van der Waals surface area (Å²) in [4.78, 5) is 25.1. The van der Waals surface area contributed by atoms with Crippen molar-refractivity contribution in [3.05, 3.63) is 0 Å². The van der Waals surface area contributed by atoms with Gasteiger partial charge in [0.05, 0.1) is 7.11 Å². The van der Waals surface area contributed by atoms with Crippen molar-refractivity contribution < 1.29 is 19.1 Å². The summed E-state index contributed by atoms with van der Waals surface area (Å²) in [5, 5.41) is 0. The number of likely N-dealkylation sites (tertiary alicyclic amines) is 1. The number of carbonyl (C=O) groups is 2. The number of esters is 1. The first-order valence-corrected chi connectivity index (χ1v) is 6.07. The molecule has 0 aromatic rings. The number of ether oxygens (including phenoxy) is 2. The minimum Gasteiger partial charge on any atom is -0.467 e. The lowest BCUT2D eigenvalue weighted by molar-refractivity contribution is -0.148. The Morgan fingerprint density at radius 2 is 1.89 bits per heavy atom. The van der Waals surface area contributed by atoms with E-state index in [1.54, 1.807) is 20.8 Å². The number of piperidine rings is 1. The first-order valence-electron chi connectivity index (χ1n) is 6.07. The smallest absolute Gasteiger partial charge is 0.411 e. The summed E-state index contributed by atoms with van der Waals surface area (Å²) in [5.41, 5.74) is 5.23. The van der Waals surface area contributed by atoms with Crippen molar-refractivity contribution in [3.8, 4) is 0 Å². The number of nitrogens with two attached hydrogens (primary N) is 1. The van der Waals surface area contributed by atoms with Crippen molar-refractivity contribution in [1.29, 1.82) is 0 Å². The highest BCUT2D eigenvalue weighted by atomic mass is 35.5. The molecule has 0 unspecified atom stereocenters. The van der Waals surface area contributed by atoms with Crippen molar-refractivity contribution in [3.63, 3.8) is 0 Å². The Balaban J connectivity index is 0.00000324. The van der Waals surface area contributed by atoms with Gasteiger partial charge in [-0.15, -0.1) is 12.4 Å². The zero-order valence-corrected chi connectivity index (χ0v) is 12.7. The van der Waals surface area contributed by atoms with E-state index in [0.717, 1.165) is 0 Å². The van der Waals surface area contributed by atoms with Gasteiger partial charge in [0.1, 0.15) is 11.6 Å². The summed E-state index contributed by atoms with van der Waals surface area (Å²) in [6, 6.07) is -0.735. The predicted octanol–water partition coefficient (Wildman–Crippen LogP) is 1.31. The maximum atomic E-state index is 12.0. The maximum absolute atomic E-state index is 12.0. The Bertz CT molecular complexity index is 330. The molecule has 0 aromatic carbocycles. The van der Waals surface area contributed by atoms with Crippen LogP contribution in [0.3, 0.4) is 0 Å². The fraction of sp³-hybridized carbons (Fsp3) is 0.833. The van der Waals surface area contributed by atoms with Crippen LogP contribution >= 0.6 is 12.4 Å². The molecule has 2 atom stereocenters. The van der Waals surface area contributed by atoms with Gasteiger partial charge in [0.2, 0.25) is 0 Å². The average Bonchev–Trinajstić information content (AvgIpc) is 2.25. The third-order valence-electron chi connectivity index (χ3n) is 2.74. The molecule has 6 nitrogen and oxygen atoms in total.